The minimum absolute atomic E-state index is 0.606. The van der Waals surface area contributed by atoms with E-state index in [-0.39, 0.29) is 0 Å². The van der Waals surface area contributed by atoms with Gasteiger partial charge < -0.3 is 15.7 Å². The van der Waals surface area contributed by atoms with Gasteiger partial charge in [0.05, 0.1) is 0 Å². The average Bonchev–Trinajstić information content (AvgIpc) is 2.98. The Balaban J connectivity index is 1.74. The third kappa shape index (κ3) is 2.42. The quantitative estimate of drug-likeness (QED) is 0.657. The van der Waals surface area contributed by atoms with Crippen LogP contribution < -0.4 is 5.73 Å². The first-order chi connectivity index (χ1) is 9.26. The molecule has 0 spiro atoms. The minimum atomic E-state index is 0.606. The monoisotopic (exact) mass is 253 g/mol. The molecule has 0 bridgehead atoms. The molecule has 0 fully saturated rings. The van der Waals surface area contributed by atoms with Gasteiger partial charge in [-0.3, -0.25) is 0 Å². The average molecular weight is 253 g/mol. The van der Waals surface area contributed by atoms with Gasteiger partial charge in [-0.15, -0.1) is 0 Å². The molecule has 4 N–H and O–H groups in total. The molecule has 1 aromatic carbocycles. The number of benzene rings is 1. The van der Waals surface area contributed by atoms with E-state index in [9.17, 15) is 0 Å². The number of para-hydroxylation sites is 1. The lowest BCUT2D eigenvalue weighted by molar-refractivity contribution is 0.897. The molecule has 0 aliphatic rings. The second kappa shape index (κ2) is 4.94. The molecule has 0 atom stereocenters. The van der Waals surface area contributed by atoms with E-state index in [2.05, 4.69) is 53.3 Å². The number of hydrogen-bond donors (Lipinski definition) is 3. The van der Waals surface area contributed by atoms with Crippen LogP contribution in [0.1, 0.15) is 22.6 Å². The topological polar surface area (TPSA) is 57.6 Å². The van der Waals surface area contributed by atoms with Crippen LogP contribution in [-0.4, -0.2) is 9.97 Å². The van der Waals surface area contributed by atoms with Crippen LogP contribution in [0.3, 0.4) is 0 Å². The van der Waals surface area contributed by atoms with E-state index in [0.717, 1.165) is 12.8 Å². The van der Waals surface area contributed by atoms with Crippen LogP contribution in [0.4, 0.5) is 0 Å². The van der Waals surface area contributed by atoms with Crippen molar-refractivity contribution in [3.05, 3.63) is 59.0 Å². The zero-order valence-electron chi connectivity index (χ0n) is 11.2. The molecule has 0 radical (unpaired) electrons. The highest BCUT2D eigenvalue weighted by Gasteiger charge is 2.05. The van der Waals surface area contributed by atoms with Crippen LogP contribution in [0.5, 0.6) is 0 Å². The first-order valence-corrected chi connectivity index (χ1v) is 6.70. The van der Waals surface area contributed by atoms with Crippen molar-refractivity contribution in [2.24, 2.45) is 5.73 Å². The van der Waals surface area contributed by atoms with Crippen molar-refractivity contribution in [1.29, 1.82) is 0 Å². The largest absolute Gasteiger partial charge is 0.362 e. The third-order valence-electron chi connectivity index (χ3n) is 3.65. The van der Waals surface area contributed by atoms with Gasteiger partial charge in [-0.1, -0.05) is 18.2 Å². The Bertz CT molecular complexity index is 658. The first-order valence-electron chi connectivity index (χ1n) is 6.70. The number of fused-ring (bicyclic) bond motifs is 1. The lowest BCUT2D eigenvalue weighted by Gasteiger charge is -1.96. The maximum absolute atomic E-state index is 5.70. The van der Waals surface area contributed by atoms with Crippen LogP contribution in [0.15, 0.2) is 36.4 Å². The van der Waals surface area contributed by atoms with Crippen molar-refractivity contribution in [2.75, 3.05) is 0 Å². The lowest BCUT2D eigenvalue weighted by atomic mass is 10.1. The second-order valence-electron chi connectivity index (χ2n) is 5.03. The summed E-state index contributed by atoms with van der Waals surface area (Å²) >= 11 is 0. The van der Waals surface area contributed by atoms with E-state index in [0.29, 0.717) is 6.54 Å². The Morgan fingerprint density at radius 1 is 1.00 bits per heavy atom. The van der Waals surface area contributed by atoms with Crippen molar-refractivity contribution in [3.8, 4) is 0 Å². The second-order valence-corrected chi connectivity index (χ2v) is 5.03. The molecule has 0 aliphatic heterocycles. The Kier molecular flexibility index (Phi) is 3.13. The highest BCUT2D eigenvalue weighted by molar-refractivity contribution is 5.80. The molecule has 3 rings (SSSR count). The van der Waals surface area contributed by atoms with E-state index < -0.39 is 0 Å². The molecule has 2 heterocycles. The number of rotatable bonds is 4. The number of aromatic nitrogens is 2. The molecule has 0 unspecified atom stereocenters. The Hall–Kier alpha value is -2.00. The lowest BCUT2D eigenvalue weighted by Crippen LogP contribution is -1.95. The Labute approximate surface area is 112 Å². The van der Waals surface area contributed by atoms with Crippen LogP contribution >= 0.6 is 0 Å². The van der Waals surface area contributed by atoms with Gasteiger partial charge in [0.2, 0.25) is 0 Å². The van der Waals surface area contributed by atoms with E-state index in [1.165, 1.54) is 33.5 Å². The molecule has 3 aromatic rings. The predicted molar refractivity (Wildman–Crippen MR) is 79.1 cm³/mol. The van der Waals surface area contributed by atoms with Crippen molar-refractivity contribution < 1.29 is 0 Å². The zero-order valence-corrected chi connectivity index (χ0v) is 11.2. The summed E-state index contributed by atoms with van der Waals surface area (Å²) in [6, 6.07) is 12.8. The van der Waals surface area contributed by atoms with E-state index in [1.807, 2.05) is 0 Å². The molecule has 0 saturated heterocycles. The van der Waals surface area contributed by atoms with Crippen LogP contribution in [0, 0.1) is 6.92 Å². The fourth-order valence-electron chi connectivity index (χ4n) is 2.56. The summed E-state index contributed by atoms with van der Waals surface area (Å²) < 4.78 is 0. The van der Waals surface area contributed by atoms with Gasteiger partial charge in [0.1, 0.15) is 0 Å². The smallest absolute Gasteiger partial charge is 0.0456 e. The maximum atomic E-state index is 5.70. The standard InChI is InChI=1S/C16H19N3/c1-11-13(10-17)9-14(18-11)6-7-15-8-12-4-2-3-5-16(12)19-15/h2-5,8-9,18-19H,6-7,10,17H2,1H3. The summed E-state index contributed by atoms with van der Waals surface area (Å²) in [5.41, 5.74) is 11.9. The fourth-order valence-corrected chi connectivity index (χ4v) is 2.56. The molecule has 0 aliphatic carbocycles. The van der Waals surface area contributed by atoms with Gasteiger partial charge in [0, 0.05) is 29.1 Å². The number of hydrogen-bond acceptors (Lipinski definition) is 1. The van der Waals surface area contributed by atoms with Crippen molar-refractivity contribution in [1.82, 2.24) is 9.97 Å². The summed E-state index contributed by atoms with van der Waals surface area (Å²) in [4.78, 5) is 6.87. The van der Waals surface area contributed by atoms with Gasteiger partial charge in [-0.2, -0.15) is 0 Å². The summed E-state index contributed by atoms with van der Waals surface area (Å²) in [7, 11) is 0. The molecule has 0 amide bonds. The molecule has 2 aromatic heterocycles. The molecule has 3 heteroatoms. The van der Waals surface area contributed by atoms with Gasteiger partial charge in [0.25, 0.3) is 0 Å². The molecule has 19 heavy (non-hydrogen) atoms. The normalized spacial score (nSPS) is 11.3. The zero-order chi connectivity index (χ0) is 13.2. The highest BCUT2D eigenvalue weighted by Crippen LogP contribution is 2.17. The van der Waals surface area contributed by atoms with Crippen molar-refractivity contribution >= 4 is 10.9 Å². The van der Waals surface area contributed by atoms with E-state index in [1.54, 1.807) is 0 Å². The SMILES string of the molecule is Cc1[nH]c(CCc2cc3ccccc3[nH]2)cc1CN. The van der Waals surface area contributed by atoms with Crippen LogP contribution in [0.25, 0.3) is 10.9 Å². The first kappa shape index (κ1) is 12.1. The summed E-state index contributed by atoms with van der Waals surface area (Å²) in [5, 5.41) is 1.28. The Morgan fingerprint density at radius 3 is 2.42 bits per heavy atom. The maximum Gasteiger partial charge on any atom is 0.0456 e. The molecular weight excluding hydrogens is 234 g/mol. The highest BCUT2D eigenvalue weighted by atomic mass is 14.7. The van der Waals surface area contributed by atoms with Gasteiger partial charge >= 0.3 is 0 Å². The van der Waals surface area contributed by atoms with Crippen LogP contribution in [-0.2, 0) is 19.4 Å². The van der Waals surface area contributed by atoms with E-state index >= 15 is 0 Å². The number of aryl methyl sites for hydroxylation is 3. The third-order valence-corrected chi connectivity index (χ3v) is 3.65. The fraction of sp³-hybridized carbons (Fsp3) is 0.250. The van der Waals surface area contributed by atoms with Crippen molar-refractivity contribution in [3.63, 3.8) is 0 Å². The number of aromatic amines is 2. The summed E-state index contributed by atoms with van der Waals surface area (Å²) in [5.74, 6) is 0. The van der Waals surface area contributed by atoms with Gasteiger partial charge in [-0.05, 0) is 48.9 Å². The number of nitrogens with one attached hydrogen (secondary N) is 2. The molecule has 98 valence electrons. The summed E-state index contributed by atoms with van der Waals surface area (Å²) in [6.45, 7) is 2.68. The van der Waals surface area contributed by atoms with E-state index in [4.69, 9.17) is 5.73 Å². The molecule has 0 saturated carbocycles. The molecule has 3 nitrogen and oxygen atoms in total. The predicted octanol–water partition coefficient (Wildman–Crippen LogP) is 3.05. The van der Waals surface area contributed by atoms with Crippen LogP contribution in [0.2, 0.25) is 0 Å². The van der Waals surface area contributed by atoms with Crippen molar-refractivity contribution in [2.45, 2.75) is 26.3 Å². The van der Waals surface area contributed by atoms with Gasteiger partial charge in [-0.25, -0.2) is 0 Å². The molecular formula is C16H19N3. The number of nitrogens with two attached hydrogens (primary N) is 1. The summed E-state index contributed by atoms with van der Waals surface area (Å²) in [6.07, 6.45) is 2.02. The van der Waals surface area contributed by atoms with Gasteiger partial charge in [0.15, 0.2) is 0 Å². The minimum Gasteiger partial charge on any atom is -0.362 e. The number of H-pyrrole nitrogens is 2. The Morgan fingerprint density at radius 2 is 1.74 bits per heavy atom.